The van der Waals surface area contributed by atoms with Crippen LogP contribution in [0.3, 0.4) is 0 Å². The molecule has 1 atom stereocenters. The number of rotatable bonds is 3. The van der Waals surface area contributed by atoms with Crippen molar-refractivity contribution < 1.29 is 5.11 Å². The number of aromatic nitrogens is 2. The third-order valence-electron chi connectivity index (χ3n) is 2.78. The molecule has 17 heavy (non-hydrogen) atoms. The Hall–Kier alpha value is -1.17. The van der Waals surface area contributed by atoms with E-state index in [4.69, 9.17) is 0 Å². The summed E-state index contributed by atoms with van der Waals surface area (Å²) >= 11 is 3.38. The fourth-order valence-corrected chi connectivity index (χ4v) is 3.92. The van der Waals surface area contributed by atoms with Crippen molar-refractivity contribution in [1.82, 2.24) is 9.55 Å². The van der Waals surface area contributed by atoms with Crippen LogP contribution in [0.5, 0.6) is 0 Å². The maximum Gasteiger partial charge on any atom is 0.111 e. The molecular formula is C12H12N2OS2. The van der Waals surface area contributed by atoms with Crippen LogP contribution in [-0.2, 0) is 13.5 Å². The van der Waals surface area contributed by atoms with Gasteiger partial charge in [0.05, 0.1) is 6.10 Å². The van der Waals surface area contributed by atoms with Gasteiger partial charge in [-0.05, 0) is 17.5 Å². The van der Waals surface area contributed by atoms with Crippen LogP contribution in [0.25, 0.3) is 9.40 Å². The average molecular weight is 264 g/mol. The van der Waals surface area contributed by atoms with Crippen molar-refractivity contribution in [3.05, 3.63) is 40.6 Å². The predicted molar refractivity (Wildman–Crippen MR) is 71.6 cm³/mol. The van der Waals surface area contributed by atoms with E-state index < -0.39 is 6.10 Å². The minimum atomic E-state index is -0.458. The lowest BCUT2D eigenvalue weighted by Gasteiger charge is -2.07. The zero-order valence-corrected chi connectivity index (χ0v) is 11.0. The Morgan fingerprint density at radius 2 is 2.35 bits per heavy atom. The molecule has 0 radical (unpaired) electrons. The van der Waals surface area contributed by atoms with E-state index in [2.05, 4.69) is 22.5 Å². The predicted octanol–water partition coefficient (Wildman–Crippen LogP) is 2.97. The summed E-state index contributed by atoms with van der Waals surface area (Å²) in [6, 6.07) is 4.18. The number of aliphatic hydroxyl groups excluding tert-OH is 1. The van der Waals surface area contributed by atoms with Gasteiger partial charge in [-0.25, -0.2) is 4.98 Å². The third-order valence-corrected chi connectivity index (χ3v) is 4.98. The van der Waals surface area contributed by atoms with Crippen molar-refractivity contribution in [2.45, 2.75) is 12.5 Å². The summed E-state index contributed by atoms with van der Waals surface area (Å²) in [7, 11) is 1.95. The van der Waals surface area contributed by atoms with E-state index in [0.29, 0.717) is 6.42 Å². The maximum atomic E-state index is 10.2. The highest BCUT2D eigenvalue weighted by atomic mass is 32.1. The Labute approximate surface area is 107 Å². The summed E-state index contributed by atoms with van der Waals surface area (Å²) < 4.78 is 4.45. The molecule has 3 nitrogen and oxygen atoms in total. The standard InChI is InChI=1S/C12H12N2OS2/c1-14-4-3-13-12(14)6-8(15)10-7-11-9(17-10)2-5-16-11/h2-5,7-8,15H,6H2,1H3. The van der Waals surface area contributed by atoms with E-state index in [9.17, 15) is 5.11 Å². The number of aliphatic hydroxyl groups is 1. The Kier molecular flexibility index (Phi) is 2.74. The molecule has 0 spiro atoms. The van der Waals surface area contributed by atoms with Gasteiger partial charge in [0, 0.05) is 40.1 Å². The van der Waals surface area contributed by atoms with Crippen molar-refractivity contribution in [1.29, 1.82) is 0 Å². The van der Waals surface area contributed by atoms with Gasteiger partial charge in [0.25, 0.3) is 0 Å². The van der Waals surface area contributed by atoms with Gasteiger partial charge >= 0.3 is 0 Å². The van der Waals surface area contributed by atoms with Gasteiger partial charge in [-0.1, -0.05) is 0 Å². The molecule has 3 rings (SSSR count). The molecule has 1 unspecified atom stereocenters. The second kappa shape index (κ2) is 4.25. The van der Waals surface area contributed by atoms with Crippen LogP contribution in [-0.4, -0.2) is 14.7 Å². The topological polar surface area (TPSA) is 38.0 Å². The lowest BCUT2D eigenvalue weighted by Crippen LogP contribution is -2.05. The van der Waals surface area contributed by atoms with Gasteiger partial charge in [-0.15, -0.1) is 22.7 Å². The number of nitrogens with zero attached hydrogens (tertiary/aromatic N) is 2. The summed E-state index contributed by atoms with van der Waals surface area (Å²) in [6.45, 7) is 0. The molecule has 0 aromatic carbocycles. The molecule has 0 bridgehead atoms. The molecule has 0 aliphatic rings. The summed E-state index contributed by atoms with van der Waals surface area (Å²) in [5.41, 5.74) is 0. The summed E-state index contributed by atoms with van der Waals surface area (Å²) in [5.74, 6) is 0.911. The molecule has 3 heterocycles. The highest BCUT2D eigenvalue weighted by Crippen LogP contribution is 2.34. The van der Waals surface area contributed by atoms with E-state index in [1.165, 1.54) is 9.40 Å². The van der Waals surface area contributed by atoms with E-state index in [0.717, 1.165) is 10.7 Å². The highest BCUT2D eigenvalue weighted by molar-refractivity contribution is 7.26. The molecule has 3 aromatic heterocycles. The number of hydrogen-bond donors (Lipinski definition) is 1. The van der Waals surface area contributed by atoms with E-state index in [1.54, 1.807) is 28.9 Å². The summed E-state index contributed by atoms with van der Waals surface area (Å²) in [4.78, 5) is 5.26. The lowest BCUT2D eigenvalue weighted by atomic mass is 10.2. The van der Waals surface area contributed by atoms with Crippen molar-refractivity contribution >= 4 is 32.1 Å². The van der Waals surface area contributed by atoms with Crippen LogP contribution >= 0.6 is 22.7 Å². The SMILES string of the molecule is Cn1ccnc1CC(O)c1cc2sccc2s1. The Morgan fingerprint density at radius 3 is 3.06 bits per heavy atom. The van der Waals surface area contributed by atoms with Gasteiger partial charge in [-0.2, -0.15) is 0 Å². The van der Waals surface area contributed by atoms with E-state index in [-0.39, 0.29) is 0 Å². The zero-order chi connectivity index (χ0) is 11.8. The van der Waals surface area contributed by atoms with Crippen molar-refractivity contribution in [2.24, 2.45) is 7.05 Å². The van der Waals surface area contributed by atoms with Crippen LogP contribution in [0.15, 0.2) is 29.9 Å². The minimum Gasteiger partial charge on any atom is -0.387 e. The average Bonchev–Trinajstić information content (AvgIpc) is 2.93. The smallest absolute Gasteiger partial charge is 0.111 e. The number of thiophene rings is 2. The van der Waals surface area contributed by atoms with Crippen LogP contribution < -0.4 is 0 Å². The van der Waals surface area contributed by atoms with E-state index in [1.807, 2.05) is 17.8 Å². The van der Waals surface area contributed by atoms with Crippen LogP contribution in [0, 0.1) is 0 Å². The van der Waals surface area contributed by atoms with Crippen molar-refractivity contribution in [3.63, 3.8) is 0 Å². The first-order valence-electron chi connectivity index (χ1n) is 5.35. The highest BCUT2D eigenvalue weighted by Gasteiger charge is 2.14. The quantitative estimate of drug-likeness (QED) is 0.789. The van der Waals surface area contributed by atoms with Crippen molar-refractivity contribution in [3.8, 4) is 0 Å². The van der Waals surface area contributed by atoms with Crippen LogP contribution in [0.2, 0.25) is 0 Å². The lowest BCUT2D eigenvalue weighted by molar-refractivity contribution is 0.179. The summed E-state index contributed by atoms with van der Waals surface area (Å²) in [6.07, 6.45) is 3.77. The van der Waals surface area contributed by atoms with Crippen LogP contribution in [0.1, 0.15) is 16.8 Å². The number of hydrogen-bond acceptors (Lipinski definition) is 4. The van der Waals surface area contributed by atoms with Crippen LogP contribution in [0.4, 0.5) is 0 Å². The normalized spacial score (nSPS) is 13.3. The van der Waals surface area contributed by atoms with Gasteiger partial charge in [0.15, 0.2) is 0 Å². The fourth-order valence-electron chi connectivity index (χ4n) is 1.82. The number of imidazole rings is 1. The first-order valence-corrected chi connectivity index (χ1v) is 7.05. The molecule has 5 heteroatoms. The van der Waals surface area contributed by atoms with Crippen molar-refractivity contribution in [2.75, 3.05) is 0 Å². The first kappa shape index (κ1) is 11.0. The summed E-state index contributed by atoms with van der Waals surface area (Å²) in [5, 5.41) is 12.3. The molecule has 1 N–H and O–H groups in total. The first-order chi connectivity index (χ1) is 8.24. The molecule has 0 fully saturated rings. The Morgan fingerprint density at radius 1 is 1.47 bits per heavy atom. The second-order valence-electron chi connectivity index (χ2n) is 3.97. The zero-order valence-electron chi connectivity index (χ0n) is 9.33. The molecule has 88 valence electrons. The Balaban J connectivity index is 1.84. The molecule has 0 saturated carbocycles. The van der Waals surface area contributed by atoms with Gasteiger partial charge in [0.2, 0.25) is 0 Å². The largest absolute Gasteiger partial charge is 0.387 e. The molecular weight excluding hydrogens is 252 g/mol. The molecule has 3 aromatic rings. The Bertz CT molecular complexity index is 609. The molecule has 0 amide bonds. The van der Waals surface area contributed by atoms with Gasteiger partial charge in [-0.3, -0.25) is 0 Å². The monoisotopic (exact) mass is 264 g/mol. The van der Waals surface area contributed by atoms with E-state index >= 15 is 0 Å². The molecule has 0 aliphatic carbocycles. The minimum absolute atomic E-state index is 0.458. The molecule has 0 saturated heterocycles. The number of fused-ring (bicyclic) bond motifs is 1. The maximum absolute atomic E-state index is 10.2. The second-order valence-corrected chi connectivity index (χ2v) is 6.04. The van der Waals surface area contributed by atoms with Gasteiger partial charge < -0.3 is 9.67 Å². The molecule has 0 aliphatic heterocycles. The number of aryl methyl sites for hydroxylation is 1. The fraction of sp³-hybridized carbons (Fsp3) is 0.250. The third kappa shape index (κ3) is 2.01. The van der Waals surface area contributed by atoms with Gasteiger partial charge in [0.1, 0.15) is 5.82 Å².